The highest BCUT2D eigenvalue weighted by Gasteiger charge is 2.21. The maximum absolute atomic E-state index is 9.20. The van der Waals surface area contributed by atoms with Crippen molar-refractivity contribution in [1.82, 2.24) is 4.90 Å². The zero-order valence-corrected chi connectivity index (χ0v) is 9.45. The summed E-state index contributed by atoms with van der Waals surface area (Å²) < 4.78 is 0. The first-order chi connectivity index (χ1) is 6.59. The van der Waals surface area contributed by atoms with E-state index in [0.29, 0.717) is 12.1 Å². The predicted molar refractivity (Wildman–Crippen MR) is 59.2 cm³/mol. The molecule has 0 aromatic rings. The zero-order valence-electron chi connectivity index (χ0n) is 9.45. The summed E-state index contributed by atoms with van der Waals surface area (Å²) in [5, 5.41) is 9.20. The van der Waals surface area contributed by atoms with Gasteiger partial charge in [-0.25, -0.2) is 0 Å². The zero-order chi connectivity index (χ0) is 10.6. The number of hydrogen-bond acceptors (Lipinski definition) is 3. The third kappa shape index (κ3) is 3.95. The minimum absolute atomic E-state index is 0.178. The van der Waals surface area contributed by atoms with Crippen LogP contribution >= 0.6 is 0 Å². The fourth-order valence-corrected chi connectivity index (χ4v) is 2.12. The summed E-state index contributed by atoms with van der Waals surface area (Å²) in [6.45, 7) is 2.85. The number of aliphatic hydroxyl groups is 1. The molecule has 3 N–H and O–H groups in total. The average molecular weight is 200 g/mol. The largest absolute Gasteiger partial charge is 0.393 e. The lowest BCUT2D eigenvalue weighted by atomic mass is 9.91. The van der Waals surface area contributed by atoms with Gasteiger partial charge in [0.2, 0.25) is 0 Å². The molecule has 0 spiro atoms. The molecule has 1 saturated carbocycles. The van der Waals surface area contributed by atoms with Gasteiger partial charge in [-0.2, -0.15) is 0 Å². The first-order valence-electron chi connectivity index (χ1n) is 5.73. The molecule has 1 aliphatic rings. The number of nitrogens with two attached hydrogens (primary N) is 1. The molecule has 0 amide bonds. The maximum Gasteiger partial charge on any atom is 0.0524 e. The molecule has 0 aromatic carbocycles. The molecule has 3 heteroatoms. The van der Waals surface area contributed by atoms with E-state index in [0.717, 1.165) is 25.8 Å². The topological polar surface area (TPSA) is 49.5 Å². The molecule has 0 bridgehead atoms. The van der Waals surface area contributed by atoms with E-state index in [2.05, 4.69) is 11.9 Å². The van der Waals surface area contributed by atoms with Crippen LogP contribution in [0.5, 0.6) is 0 Å². The molecule has 1 fully saturated rings. The number of nitrogens with zero attached hydrogens (tertiary/aromatic N) is 1. The van der Waals surface area contributed by atoms with Crippen molar-refractivity contribution < 1.29 is 5.11 Å². The van der Waals surface area contributed by atoms with E-state index in [1.165, 1.54) is 12.8 Å². The lowest BCUT2D eigenvalue weighted by Crippen LogP contribution is -2.39. The molecule has 1 rings (SSSR count). The van der Waals surface area contributed by atoms with Crippen LogP contribution in [0.2, 0.25) is 0 Å². The third-order valence-corrected chi connectivity index (χ3v) is 3.26. The average Bonchev–Trinajstić information content (AvgIpc) is 2.15. The summed E-state index contributed by atoms with van der Waals surface area (Å²) in [6.07, 6.45) is 5.45. The van der Waals surface area contributed by atoms with Crippen LogP contribution in [0.15, 0.2) is 0 Å². The summed E-state index contributed by atoms with van der Waals surface area (Å²) in [7, 11) is 2.16. The van der Waals surface area contributed by atoms with Gasteiger partial charge in [-0.3, -0.25) is 0 Å². The fraction of sp³-hybridized carbons (Fsp3) is 1.00. The Hall–Kier alpha value is -0.120. The summed E-state index contributed by atoms with van der Waals surface area (Å²) in [5.41, 5.74) is 5.86. The van der Waals surface area contributed by atoms with Crippen molar-refractivity contribution in [2.75, 3.05) is 13.6 Å². The van der Waals surface area contributed by atoms with E-state index >= 15 is 0 Å². The molecule has 0 radical (unpaired) electrons. The van der Waals surface area contributed by atoms with Gasteiger partial charge in [-0.15, -0.1) is 0 Å². The van der Waals surface area contributed by atoms with Gasteiger partial charge in [0.1, 0.15) is 0 Å². The maximum atomic E-state index is 9.20. The van der Waals surface area contributed by atoms with Crippen LogP contribution in [0.3, 0.4) is 0 Å². The number of rotatable bonds is 4. The molecule has 14 heavy (non-hydrogen) atoms. The second kappa shape index (κ2) is 5.69. The summed E-state index contributed by atoms with van der Waals surface area (Å²) in [6, 6.07) is 1.12. The lowest BCUT2D eigenvalue weighted by Gasteiger charge is -2.33. The quantitative estimate of drug-likeness (QED) is 0.710. The van der Waals surface area contributed by atoms with Gasteiger partial charge in [0.15, 0.2) is 0 Å². The molecule has 1 unspecified atom stereocenters. The van der Waals surface area contributed by atoms with Crippen LogP contribution < -0.4 is 5.73 Å². The molecule has 0 aromatic heterocycles. The normalized spacial score (nSPS) is 30.6. The van der Waals surface area contributed by atoms with Crippen LogP contribution in [0, 0.1) is 0 Å². The van der Waals surface area contributed by atoms with Gasteiger partial charge in [-0.05, 0) is 46.1 Å². The Morgan fingerprint density at radius 1 is 1.36 bits per heavy atom. The Bertz CT molecular complexity index is 153. The Morgan fingerprint density at radius 3 is 2.43 bits per heavy atom. The molecule has 1 aliphatic carbocycles. The highest BCUT2D eigenvalue weighted by atomic mass is 16.3. The molecule has 3 nitrogen and oxygen atoms in total. The minimum Gasteiger partial charge on any atom is -0.393 e. The minimum atomic E-state index is -0.178. The third-order valence-electron chi connectivity index (χ3n) is 3.26. The molecule has 1 atom stereocenters. The molecule has 0 saturated heterocycles. The smallest absolute Gasteiger partial charge is 0.0524 e. The van der Waals surface area contributed by atoms with Crippen LogP contribution in [0.1, 0.15) is 39.0 Å². The highest BCUT2D eigenvalue weighted by molar-refractivity contribution is 4.79. The Labute approximate surface area is 87.3 Å². The Balaban J connectivity index is 2.20. The van der Waals surface area contributed by atoms with E-state index in [1.807, 2.05) is 6.92 Å². The van der Waals surface area contributed by atoms with Gasteiger partial charge in [0, 0.05) is 18.6 Å². The summed E-state index contributed by atoms with van der Waals surface area (Å²) in [5.74, 6) is 0. The van der Waals surface area contributed by atoms with Crippen LogP contribution in [0.25, 0.3) is 0 Å². The summed E-state index contributed by atoms with van der Waals surface area (Å²) in [4.78, 5) is 2.37. The highest BCUT2D eigenvalue weighted by Crippen LogP contribution is 2.21. The number of aliphatic hydroxyl groups excluding tert-OH is 1. The second-order valence-electron chi connectivity index (χ2n) is 4.69. The van der Waals surface area contributed by atoms with Crippen LogP contribution in [0.4, 0.5) is 0 Å². The van der Waals surface area contributed by atoms with Crippen molar-refractivity contribution in [3.63, 3.8) is 0 Å². The van der Waals surface area contributed by atoms with Gasteiger partial charge in [0.25, 0.3) is 0 Å². The first kappa shape index (κ1) is 12.0. The molecule has 0 heterocycles. The van der Waals surface area contributed by atoms with Crippen LogP contribution in [-0.4, -0.2) is 41.8 Å². The fourth-order valence-electron chi connectivity index (χ4n) is 2.12. The second-order valence-corrected chi connectivity index (χ2v) is 4.69. The predicted octanol–water partition coefficient (Wildman–Crippen LogP) is 0.959. The van der Waals surface area contributed by atoms with Crippen molar-refractivity contribution in [3.8, 4) is 0 Å². The molecular formula is C11H24N2O. The SMILES string of the molecule is CC(O)CCN(C)C1CCC(N)CC1. The van der Waals surface area contributed by atoms with Gasteiger partial charge >= 0.3 is 0 Å². The molecule has 0 aliphatic heterocycles. The lowest BCUT2D eigenvalue weighted by molar-refractivity contribution is 0.133. The Morgan fingerprint density at radius 2 is 1.93 bits per heavy atom. The van der Waals surface area contributed by atoms with E-state index in [9.17, 15) is 5.11 Å². The van der Waals surface area contributed by atoms with Gasteiger partial charge in [0.05, 0.1) is 6.10 Å². The first-order valence-corrected chi connectivity index (χ1v) is 5.73. The Kier molecular flexibility index (Phi) is 4.85. The molecule has 84 valence electrons. The van der Waals surface area contributed by atoms with Crippen molar-refractivity contribution in [2.45, 2.75) is 57.2 Å². The number of hydrogen-bond donors (Lipinski definition) is 2. The van der Waals surface area contributed by atoms with Crippen molar-refractivity contribution in [3.05, 3.63) is 0 Å². The summed E-state index contributed by atoms with van der Waals surface area (Å²) >= 11 is 0. The van der Waals surface area contributed by atoms with Gasteiger partial charge in [-0.1, -0.05) is 0 Å². The van der Waals surface area contributed by atoms with Crippen molar-refractivity contribution in [1.29, 1.82) is 0 Å². The van der Waals surface area contributed by atoms with E-state index in [1.54, 1.807) is 0 Å². The van der Waals surface area contributed by atoms with E-state index in [4.69, 9.17) is 5.73 Å². The monoisotopic (exact) mass is 200 g/mol. The van der Waals surface area contributed by atoms with Crippen molar-refractivity contribution in [2.24, 2.45) is 5.73 Å². The molecular weight excluding hydrogens is 176 g/mol. The standard InChI is InChI=1S/C11H24N2O/c1-9(14)7-8-13(2)11-5-3-10(12)4-6-11/h9-11,14H,3-8,12H2,1-2H3. The van der Waals surface area contributed by atoms with E-state index in [-0.39, 0.29) is 6.10 Å². The van der Waals surface area contributed by atoms with Crippen LogP contribution in [-0.2, 0) is 0 Å². The van der Waals surface area contributed by atoms with Crippen molar-refractivity contribution >= 4 is 0 Å². The van der Waals surface area contributed by atoms with E-state index < -0.39 is 0 Å². The van der Waals surface area contributed by atoms with Gasteiger partial charge < -0.3 is 15.7 Å².